The minimum Gasteiger partial charge on any atom is -0.399 e. The van der Waals surface area contributed by atoms with Crippen molar-refractivity contribution in [1.82, 2.24) is 0 Å². The summed E-state index contributed by atoms with van der Waals surface area (Å²) in [6.07, 6.45) is 1.35. The van der Waals surface area contributed by atoms with Crippen LogP contribution in [0, 0.1) is 19.3 Å². The van der Waals surface area contributed by atoms with Gasteiger partial charge in [0.2, 0.25) is 0 Å². The van der Waals surface area contributed by atoms with E-state index in [1.54, 1.807) is 0 Å². The Labute approximate surface area is 66.6 Å². The molecule has 1 aromatic rings. The molecule has 0 bridgehead atoms. The Morgan fingerprint density at radius 1 is 1.27 bits per heavy atom. The Morgan fingerprint density at radius 2 is 1.91 bits per heavy atom. The molecule has 0 saturated heterocycles. The number of hydrogen-bond acceptors (Lipinski definition) is 2. The summed E-state index contributed by atoms with van der Waals surface area (Å²) in [5, 5.41) is 7.09. The van der Waals surface area contributed by atoms with E-state index in [9.17, 15) is 0 Å². The highest BCUT2D eigenvalue weighted by Crippen LogP contribution is 2.15. The lowest BCUT2D eigenvalue weighted by molar-refractivity contribution is 1.37. The Morgan fingerprint density at radius 3 is 2.45 bits per heavy atom. The minimum absolute atomic E-state index is 0.799. The highest BCUT2D eigenvalue weighted by molar-refractivity contribution is 5.80. The average Bonchev–Trinajstić information content (AvgIpc) is 1.97. The van der Waals surface area contributed by atoms with Gasteiger partial charge < -0.3 is 11.1 Å². The van der Waals surface area contributed by atoms with E-state index in [0.717, 1.165) is 22.4 Å². The van der Waals surface area contributed by atoms with Crippen molar-refractivity contribution in [3.8, 4) is 0 Å². The van der Waals surface area contributed by atoms with Gasteiger partial charge in [0.05, 0.1) is 0 Å². The predicted octanol–water partition coefficient (Wildman–Crippen LogP) is 1.88. The molecule has 0 amide bonds. The van der Waals surface area contributed by atoms with E-state index in [-0.39, 0.29) is 0 Å². The summed E-state index contributed by atoms with van der Waals surface area (Å²) in [6, 6.07) is 3.83. The molecule has 0 aromatic heterocycles. The number of nitrogens with two attached hydrogens (primary N) is 1. The molecule has 0 saturated carbocycles. The fourth-order valence-electron chi connectivity index (χ4n) is 1.02. The molecule has 1 aromatic carbocycles. The van der Waals surface area contributed by atoms with E-state index in [0.29, 0.717) is 0 Å². The molecule has 58 valence electrons. The summed E-state index contributed by atoms with van der Waals surface area (Å²) in [5.41, 5.74) is 9.50. The van der Waals surface area contributed by atoms with Crippen molar-refractivity contribution in [3.63, 3.8) is 0 Å². The van der Waals surface area contributed by atoms with Crippen LogP contribution in [0.15, 0.2) is 12.1 Å². The summed E-state index contributed by atoms with van der Waals surface area (Å²) in [5.74, 6) is 0. The number of anilines is 1. The highest BCUT2D eigenvalue weighted by atomic mass is 14.6. The van der Waals surface area contributed by atoms with Crippen LogP contribution in [0.25, 0.3) is 0 Å². The molecule has 0 radical (unpaired) electrons. The second-order valence-electron chi connectivity index (χ2n) is 2.71. The maximum atomic E-state index is 7.09. The summed E-state index contributed by atoms with van der Waals surface area (Å²) in [4.78, 5) is 0. The standard InChI is InChI=1S/C9H12N2/c1-6-4-9(11)7(2)3-8(6)5-10/h3-5,10H,11H2,1-2H3. The van der Waals surface area contributed by atoms with Gasteiger partial charge in [0.1, 0.15) is 0 Å². The van der Waals surface area contributed by atoms with Crippen molar-refractivity contribution in [1.29, 1.82) is 5.41 Å². The molecule has 0 aliphatic heterocycles. The van der Waals surface area contributed by atoms with Crippen molar-refractivity contribution in [3.05, 3.63) is 28.8 Å². The van der Waals surface area contributed by atoms with Gasteiger partial charge in [-0.15, -0.1) is 0 Å². The SMILES string of the molecule is Cc1cc(C=N)c(C)cc1N. The predicted molar refractivity (Wildman–Crippen MR) is 48.2 cm³/mol. The van der Waals surface area contributed by atoms with Crippen molar-refractivity contribution in [2.45, 2.75) is 13.8 Å². The molecule has 11 heavy (non-hydrogen) atoms. The Bertz CT molecular complexity index is 290. The van der Waals surface area contributed by atoms with Gasteiger partial charge in [-0.3, -0.25) is 0 Å². The molecular weight excluding hydrogens is 136 g/mol. The van der Waals surface area contributed by atoms with E-state index < -0.39 is 0 Å². The molecule has 0 atom stereocenters. The molecule has 0 fully saturated rings. The summed E-state index contributed by atoms with van der Waals surface area (Å²) in [7, 11) is 0. The van der Waals surface area contributed by atoms with Gasteiger partial charge >= 0.3 is 0 Å². The second kappa shape index (κ2) is 2.74. The zero-order chi connectivity index (χ0) is 8.43. The summed E-state index contributed by atoms with van der Waals surface area (Å²) >= 11 is 0. The Kier molecular flexibility index (Phi) is 1.94. The van der Waals surface area contributed by atoms with Crippen LogP contribution in [0.2, 0.25) is 0 Å². The maximum Gasteiger partial charge on any atom is 0.0346 e. The monoisotopic (exact) mass is 148 g/mol. The molecule has 0 unspecified atom stereocenters. The van der Waals surface area contributed by atoms with Crippen LogP contribution in [-0.4, -0.2) is 6.21 Å². The van der Waals surface area contributed by atoms with Gasteiger partial charge in [0.25, 0.3) is 0 Å². The lowest BCUT2D eigenvalue weighted by Crippen LogP contribution is -1.94. The zero-order valence-electron chi connectivity index (χ0n) is 6.81. The molecule has 2 heteroatoms. The number of aryl methyl sites for hydroxylation is 2. The quantitative estimate of drug-likeness (QED) is 0.463. The third-order valence-electron chi connectivity index (χ3n) is 1.81. The number of rotatable bonds is 1. The average molecular weight is 148 g/mol. The first kappa shape index (κ1) is 7.79. The van der Waals surface area contributed by atoms with E-state index in [4.69, 9.17) is 11.1 Å². The first-order chi connectivity index (χ1) is 5.15. The fraction of sp³-hybridized carbons (Fsp3) is 0.222. The van der Waals surface area contributed by atoms with E-state index in [2.05, 4.69) is 0 Å². The third kappa shape index (κ3) is 1.40. The van der Waals surface area contributed by atoms with Crippen LogP contribution in [0.4, 0.5) is 5.69 Å². The van der Waals surface area contributed by atoms with Crippen LogP contribution in [0.1, 0.15) is 16.7 Å². The topological polar surface area (TPSA) is 49.9 Å². The van der Waals surface area contributed by atoms with E-state index in [1.807, 2.05) is 26.0 Å². The fourth-order valence-corrected chi connectivity index (χ4v) is 1.02. The van der Waals surface area contributed by atoms with Crippen molar-refractivity contribution in [2.24, 2.45) is 0 Å². The zero-order valence-corrected chi connectivity index (χ0v) is 6.81. The lowest BCUT2D eigenvalue weighted by atomic mass is 10.1. The van der Waals surface area contributed by atoms with Gasteiger partial charge in [-0.25, -0.2) is 0 Å². The Balaban J connectivity index is 3.31. The van der Waals surface area contributed by atoms with Gasteiger partial charge in [0, 0.05) is 11.9 Å². The smallest absolute Gasteiger partial charge is 0.0346 e. The van der Waals surface area contributed by atoms with Gasteiger partial charge in [-0.2, -0.15) is 0 Å². The third-order valence-corrected chi connectivity index (χ3v) is 1.81. The normalized spacial score (nSPS) is 9.64. The molecule has 0 heterocycles. The van der Waals surface area contributed by atoms with Crippen molar-refractivity contribution >= 4 is 11.9 Å². The highest BCUT2D eigenvalue weighted by Gasteiger charge is 1.98. The minimum atomic E-state index is 0.799. The first-order valence-corrected chi connectivity index (χ1v) is 3.52. The molecular formula is C9H12N2. The van der Waals surface area contributed by atoms with Crippen LogP contribution >= 0.6 is 0 Å². The van der Waals surface area contributed by atoms with E-state index >= 15 is 0 Å². The van der Waals surface area contributed by atoms with Crippen LogP contribution < -0.4 is 5.73 Å². The molecule has 0 aliphatic carbocycles. The molecule has 0 aliphatic rings. The van der Waals surface area contributed by atoms with Gasteiger partial charge in [-0.05, 0) is 42.7 Å². The van der Waals surface area contributed by atoms with Crippen molar-refractivity contribution < 1.29 is 0 Å². The van der Waals surface area contributed by atoms with Gasteiger partial charge in [-0.1, -0.05) is 0 Å². The largest absolute Gasteiger partial charge is 0.399 e. The number of hydrogen-bond donors (Lipinski definition) is 2. The number of benzene rings is 1. The van der Waals surface area contributed by atoms with Crippen LogP contribution in [-0.2, 0) is 0 Å². The lowest BCUT2D eigenvalue weighted by Gasteiger charge is -2.04. The summed E-state index contributed by atoms with van der Waals surface area (Å²) in [6.45, 7) is 3.90. The number of nitrogens with one attached hydrogen (secondary N) is 1. The molecule has 3 N–H and O–H groups in total. The molecule has 0 spiro atoms. The Hall–Kier alpha value is -1.31. The van der Waals surface area contributed by atoms with E-state index in [1.165, 1.54) is 6.21 Å². The second-order valence-corrected chi connectivity index (χ2v) is 2.71. The number of nitrogen functional groups attached to an aromatic ring is 1. The molecule has 1 rings (SSSR count). The van der Waals surface area contributed by atoms with Crippen molar-refractivity contribution in [2.75, 3.05) is 5.73 Å². The first-order valence-electron chi connectivity index (χ1n) is 3.52. The van der Waals surface area contributed by atoms with Crippen LogP contribution in [0.5, 0.6) is 0 Å². The summed E-state index contributed by atoms with van der Waals surface area (Å²) < 4.78 is 0. The van der Waals surface area contributed by atoms with Gasteiger partial charge in [0.15, 0.2) is 0 Å². The maximum absolute atomic E-state index is 7.09. The molecule has 2 nitrogen and oxygen atoms in total. The van der Waals surface area contributed by atoms with Crippen LogP contribution in [0.3, 0.4) is 0 Å².